The predicted molar refractivity (Wildman–Crippen MR) is 136 cm³/mol. The Kier molecular flexibility index (Phi) is 5.38. The standard InChI is InChI=1S/C30H53NO2/c1-25(2)12-14-30(18-31)15-13-29(7)24(19(30)17-25)20(32)16-22-27(5)10-9-23(33)26(3,4)21(27)8-11-28(22,29)6/h19-24,32-33H,8-18,31H2,1-7H3/t19-,20?,21-,22+,23?,24-,27-,28+,29+,30+/m0/s1. The maximum atomic E-state index is 12.0. The van der Waals surface area contributed by atoms with E-state index in [0.717, 1.165) is 25.8 Å². The fraction of sp³-hybridized carbons (Fsp3) is 1.00. The number of rotatable bonds is 1. The zero-order valence-electron chi connectivity index (χ0n) is 22.7. The molecule has 5 rings (SSSR count). The molecule has 0 aromatic rings. The summed E-state index contributed by atoms with van der Waals surface area (Å²) in [6.45, 7) is 18.1. The molecule has 0 spiro atoms. The zero-order chi connectivity index (χ0) is 24.2. The molecule has 5 saturated carbocycles. The lowest BCUT2D eigenvalue weighted by atomic mass is 9.31. The van der Waals surface area contributed by atoms with E-state index in [1.807, 2.05) is 0 Å². The van der Waals surface area contributed by atoms with Crippen LogP contribution in [0.3, 0.4) is 0 Å². The Morgan fingerprint density at radius 2 is 1.42 bits per heavy atom. The second-order valence-electron chi connectivity index (χ2n) is 15.7. The minimum atomic E-state index is -0.219. The van der Waals surface area contributed by atoms with Gasteiger partial charge in [0.15, 0.2) is 0 Å². The third-order valence-electron chi connectivity index (χ3n) is 13.8. The van der Waals surface area contributed by atoms with E-state index in [0.29, 0.717) is 29.1 Å². The quantitative estimate of drug-likeness (QED) is 0.440. The molecule has 0 radical (unpaired) electrons. The van der Waals surface area contributed by atoms with Gasteiger partial charge in [0.05, 0.1) is 12.2 Å². The number of hydrogen-bond acceptors (Lipinski definition) is 3. The van der Waals surface area contributed by atoms with Gasteiger partial charge in [-0.1, -0.05) is 48.5 Å². The summed E-state index contributed by atoms with van der Waals surface area (Å²) >= 11 is 0. The molecule has 0 amide bonds. The van der Waals surface area contributed by atoms with Crippen LogP contribution in [0.5, 0.6) is 0 Å². The van der Waals surface area contributed by atoms with Gasteiger partial charge in [-0.25, -0.2) is 0 Å². The van der Waals surface area contributed by atoms with Gasteiger partial charge in [0.1, 0.15) is 0 Å². The molecule has 3 heteroatoms. The van der Waals surface area contributed by atoms with Gasteiger partial charge >= 0.3 is 0 Å². The first-order valence-electron chi connectivity index (χ1n) is 14.2. The summed E-state index contributed by atoms with van der Waals surface area (Å²) in [6, 6.07) is 0. The normalized spacial score (nSPS) is 57.3. The fourth-order valence-corrected chi connectivity index (χ4v) is 11.5. The molecular weight excluding hydrogens is 406 g/mol. The van der Waals surface area contributed by atoms with Gasteiger partial charge < -0.3 is 15.9 Å². The van der Waals surface area contributed by atoms with Gasteiger partial charge in [-0.05, 0) is 127 Å². The van der Waals surface area contributed by atoms with Crippen LogP contribution < -0.4 is 5.73 Å². The maximum Gasteiger partial charge on any atom is 0.0594 e. The van der Waals surface area contributed by atoms with Crippen molar-refractivity contribution in [3.05, 3.63) is 0 Å². The lowest BCUT2D eigenvalue weighted by Crippen LogP contribution is -2.70. The van der Waals surface area contributed by atoms with Crippen molar-refractivity contribution in [2.24, 2.45) is 61.9 Å². The molecule has 190 valence electrons. The van der Waals surface area contributed by atoms with Gasteiger partial charge in [0.25, 0.3) is 0 Å². The van der Waals surface area contributed by atoms with Crippen molar-refractivity contribution in [1.29, 1.82) is 0 Å². The molecule has 10 atom stereocenters. The van der Waals surface area contributed by atoms with Crippen molar-refractivity contribution < 1.29 is 10.2 Å². The monoisotopic (exact) mass is 459 g/mol. The summed E-state index contributed by atoms with van der Waals surface area (Å²) in [6.07, 6.45) is 11.3. The molecule has 0 saturated heterocycles. The Labute approximate surface area is 203 Å². The lowest BCUT2D eigenvalue weighted by molar-refractivity contribution is -0.278. The first-order valence-corrected chi connectivity index (χ1v) is 14.2. The summed E-state index contributed by atoms with van der Waals surface area (Å²) in [4.78, 5) is 0. The molecule has 0 aliphatic heterocycles. The second kappa shape index (κ2) is 7.22. The minimum absolute atomic E-state index is 0.0360. The van der Waals surface area contributed by atoms with Crippen LogP contribution in [0, 0.1) is 56.2 Å². The van der Waals surface area contributed by atoms with Crippen molar-refractivity contribution in [3.8, 4) is 0 Å². The fourth-order valence-electron chi connectivity index (χ4n) is 11.5. The van der Waals surface area contributed by atoms with Crippen molar-refractivity contribution in [2.75, 3.05) is 6.54 Å². The van der Waals surface area contributed by atoms with E-state index in [1.165, 1.54) is 44.9 Å². The number of aliphatic hydroxyl groups excluding tert-OH is 2. The molecule has 5 aliphatic carbocycles. The van der Waals surface area contributed by atoms with Crippen LogP contribution in [0.25, 0.3) is 0 Å². The molecule has 4 N–H and O–H groups in total. The van der Waals surface area contributed by atoms with Crippen LogP contribution in [-0.4, -0.2) is 29.0 Å². The Bertz CT molecular complexity index is 792. The van der Waals surface area contributed by atoms with Crippen LogP contribution >= 0.6 is 0 Å². The molecule has 0 aromatic heterocycles. The Morgan fingerprint density at radius 1 is 0.758 bits per heavy atom. The summed E-state index contributed by atoms with van der Waals surface area (Å²) in [7, 11) is 0. The zero-order valence-corrected chi connectivity index (χ0v) is 22.7. The first-order chi connectivity index (χ1) is 15.2. The Morgan fingerprint density at radius 3 is 2.09 bits per heavy atom. The second-order valence-corrected chi connectivity index (χ2v) is 15.7. The van der Waals surface area contributed by atoms with E-state index in [1.54, 1.807) is 0 Å². The maximum absolute atomic E-state index is 12.0. The van der Waals surface area contributed by atoms with Crippen molar-refractivity contribution in [3.63, 3.8) is 0 Å². The van der Waals surface area contributed by atoms with E-state index >= 15 is 0 Å². The molecular formula is C30H53NO2. The number of hydrogen-bond donors (Lipinski definition) is 3. The number of fused-ring (bicyclic) bond motifs is 7. The van der Waals surface area contributed by atoms with Gasteiger partial charge in [0.2, 0.25) is 0 Å². The summed E-state index contributed by atoms with van der Waals surface area (Å²) in [5, 5.41) is 23.0. The van der Waals surface area contributed by atoms with Crippen LogP contribution in [-0.2, 0) is 0 Å². The third kappa shape index (κ3) is 3.03. The SMILES string of the molecule is CC1(C)CC[C@]2(CN)CC[C@]3(C)[C@H](C(O)C[C@@H]4[C@@]5(C)CCC(O)C(C)(C)[C@@H]5CC[C@]43C)[C@@H]2C1. The van der Waals surface area contributed by atoms with Gasteiger partial charge in [-0.2, -0.15) is 0 Å². The van der Waals surface area contributed by atoms with Gasteiger partial charge in [-0.3, -0.25) is 0 Å². The van der Waals surface area contributed by atoms with E-state index in [2.05, 4.69) is 48.5 Å². The highest BCUT2D eigenvalue weighted by Crippen LogP contribution is 2.76. The lowest BCUT2D eigenvalue weighted by Gasteiger charge is -2.74. The van der Waals surface area contributed by atoms with Crippen LogP contribution in [0.1, 0.15) is 113 Å². The highest BCUT2D eigenvalue weighted by atomic mass is 16.3. The average Bonchev–Trinajstić information content (AvgIpc) is 2.72. The molecule has 5 aliphatic rings. The van der Waals surface area contributed by atoms with Crippen LogP contribution in [0.15, 0.2) is 0 Å². The molecule has 0 bridgehead atoms. The average molecular weight is 460 g/mol. The Hall–Kier alpha value is -0.120. The van der Waals surface area contributed by atoms with E-state index in [-0.39, 0.29) is 39.3 Å². The van der Waals surface area contributed by atoms with E-state index < -0.39 is 0 Å². The van der Waals surface area contributed by atoms with E-state index in [9.17, 15) is 10.2 Å². The topological polar surface area (TPSA) is 66.5 Å². The van der Waals surface area contributed by atoms with E-state index in [4.69, 9.17) is 5.73 Å². The summed E-state index contributed by atoms with van der Waals surface area (Å²) < 4.78 is 0. The smallest absolute Gasteiger partial charge is 0.0594 e. The highest BCUT2D eigenvalue weighted by Gasteiger charge is 2.71. The molecule has 3 nitrogen and oxygen atoms in total. The van der Waals surface area contributed by atoms with Crippen LogP contribution in [0.4, 0.5) is 0 Å². The molecule has 0 heterocycles. The van der Waals surface area contributed by atoms with Crippen LogP contribution in [0.2, 0.25) is 0 Å². The molecule has 0 aromatic carbocycles. The molecule has 5 fully saturated rings. The third-order valence-corrected chi connectivity index (χ3v) is 13.8. The first kappa shape index (κ1) is 24.6. The Balaban J connectivity index is 1.57. The largest absolute Gasteiger partial charge is 0.393 e. The molecule has 33 heavy (non-hydrogen) atoms. The number of nitrogens with two attached hydrogens (primary N) is 1. The minimum Gasteiger partial charge on any atom is -0.393 e. The number of aliphatic hydroxyl groups is 2. The van der Waals surface area contributed by atoms with Crippen molar-refractivity contribution >= 4 is 0 Å². The van der Waals surface area contributed by atoms with Gasteiger partial charge in [-0.15, -0.1) is 0 Å². The highest BCUT2D eigenvalue weighted by molar-refractivity contribution is 5.20. The summed E-state index contributed by atoms with van der Waals surface area (Å²) in [5.41, 5.74) is 7.74. The summed E-state index contributed by atoms with van der Waals surface area (Å²) in [5.74, 6) is 2.00. The molecule has 2 unspecified atom stereocenters. The van der Waals surface area contributed by atoms with Crippen molar-refractivity contribution in [2.45, 2.75) is 125 Å². The van der Waals surface area contributed by atoms with Gasteiger partial charge in [0, 0.05) is 0 Å². The van der Waals surface area contributed by atoms with Crippen molar-refractivity contribution in [1.82, 2.24) is 0 Å². The predicted octanol–water partition coefficient (Wildman–Crippen LogP) is 6.16.